The van der Waals surface area contributed by atoms with Crippen LogP contribution in [-0.2, 0) is 14.8 Å². The zero-order valence-electron chi connectivity index (χ0n) is 5.76. The van der Waals surface area contributed by atoms with Crippen LogP contribution in [0.1, 0.15) is 0 Å². The average Bonchev–Trinajstić information content (AvgIpc) is 2.25. The second kappa shape index (κ2) is 2.91. The van der Waals surface area contributed by atoms with Crippen molar-refractivity contribution in [2.24, 2.45) is 4.40 Å². The van der Waals surface area contributed by atoms with E-state index in [0.29, 0.717) is 0 Å². The van der Waals surface area contributed by atoms with Crippen molar-refractivity contribution in [2.75, 3.05) is 5.75 Å². The standard InChI is InChI=1S/C5H5NO4S2/c7-5(8)4-1-3(2-11)6-12(4,9)10/h1,11H,2H2,(H,7,8). The van der Waals surface area contributed by atoms with Crippen molar-refractivity contribution >= 4 is 34.3 Å². The molecule has 7 heteroatoms. The van der Waals surface area contributed by atoms with Crippen molar-refractivity contribution in [1.29, 1.82) is 0 Å². The fraction of sp³-hybridized carbons (Fsp3) is 0.200. The van der Waals surface area contributed by atoms with Crippen LogP contribution in [0.15, 0.2) is 15.4 Å². The van der Waals surface area contributed by atoms with Crippen molar-refractivity contribution in [3.05, 3.63) is 11.0 Å². The number of hydrogen-bond donors (Lipinski definition) is 2. The third-order valence-electron chi connectivity index (χ3n) is 1.19. The predicted octanol–water partition coefficient (Wildman–Crippen LogP) is -0.331. The maximum Gasteiger partial charge on any atom is 0.349 e. The Labute approximate surface area is 74.3 Å². The summed E-state index contributed by atoms with van der Waals surface area (Å²) in [6.07, 6.45) is 1.00. The second-order valence-corrected chi connectivity index (χ2v) is 3.92. The van der Waals surface area contributed by atoms with E-state index in [4.69, 9.17) is 5.11 Å². The highest BCUT2D eigenvalue weighted by Gasteiger charge is 2.29. The monoisotopic (exact) mass is 207 g/mol. The Morgan fingerprint density at radius 1 is 1.67 bits per heavy atom. The number of aliphatic carboxylic acids is 1. The fourth-order valence-corrected chi connectivity index (χ4v) is 1.99. The first-order valence-electron chi connectivity index (χ1n) is 2.87. The molecule has 0 amide bonds. The fourth-order valence-electron chi connectivity index (χ4n) is 0.702. The topological polar surface area (TPSA) is 83.8 Å². The molecule has 1 aliphatic heterocycles. The van der Waals surface area contributed by atoms with Gasteiger partial charge in [0.1, 0.15) is 0 Å². The molecule has 0 fully saturated rings. The summed E-state index contributed by atoms with van der Waals surface area (Å²) in [5, 5.41) is 8.42. The second-order valence-electron chi connectivity index (χ2n) is 2.03. The third kappa shape index (κ3) is 1.51. The Bertz CT molecular complexity index is 378. The molecule has 0 saturated carbocycles. The smallest absolute Gasteiger partial charge is 0.349 e. The molecule has 0 radical (unpaired) electrons. The summed E-state index contributed by atoms with van der Waals surface area (Å²) >= 11 is 3.77. The molecular weight excluding hydrogens is 202 g/mol. The van der Waals surface area contributed by atoms with Gasteiger partial charge in [0.25, 0.3) is 10.0 Å². The SMILES string of the molecule is O=C(O)C1=CC(CS)=NS1(=O)=O. The molecule has 0 saturated heterocycles. The summed E-state index contributed by atoms with van der Waals surface area (Å²) in [7, 11) is -3.95. The molecule has 5 nitrogen and oxygen atoms in total. The maximum atomic E-state index is 10.9. The first-order chi connectivity index (χ1) is 5.47. The van der Waals surface area contributed by atoms with Crippen molar-refractivity contribution in [1.82, 2.24) is 0 Å². The molecule has 1 aliphatic rings. The van der Waals surface area contributed by atoms with Gasteiger partial charge in [-0.3, -0.25) is 0 Å². The van der Waals surface area contributed by atoms with Gasteiger partial charge in [-0.1, -0.05) is 0 Å². The molecule has 0 atom stereocenters. The normalized spacial score (nSPS) is 20.1. The number of rotatable bonds is 2. The molecule has 0 aromatic rings. The Morgan fingerprint density at radius 3 is 2.50 bits per heavy atom. The first-order valence-corrected chi connectivity index (χ1v) is 4.94. The molecule has 12 heavy (non-hydrogen) atoms. The van der Waals surface area contributed by atoms with Crippen LogP contribution < -0.4 is 0 Å². The molecule has 0 bridgehead atoms. The number of thiol groups is 1. The van der Waals surface area contributed by atoms with E-state index in [-0.39, 0.29) is 11.5 Å². The lowest BCUT2D eigenvalue weighted by Gasteiger charge is -1.89. The highest BCUT2D eigenvalue weighted by molar-refractivity contribution is 7.95. The third-order valence-corrected chi connectivity index (χ3v) is 2.83. The van der Waals surface area contributed by atoms with Gasteiger partial charge in [-0.05, 0) is 6.08 Å². The van der Waals surface area contributed by atoms with Gasteiger partial charge in [0.15, 0.2) is 4.91 Å². The number of nitrogens with zero attached hydrogens (tertiary/aromatic N) is 1. The largest absolute Gasteiger partial charge is 0.477 e. The Kier molecular flexibility index (Phi) is 2.25. The summed E-state index contributed by atoms with van der Waals surface area (Å²) < 4.78 is 25.0. The molecule has 1 rings (SSSR count). The van der Waals surface area contributed by atoms with E-state index in [2.05, 4.69) is 17.0 Å². The lowest BCUT2D eigenvalue weighted by molar-refractivity contribution is -0.131. The van der Waals surface area contributed by atoms with Crippen LogP contribution in [0.25, 0.3) is 0 Å². The zero-order valence-corrected chi connectivity index (χ0v) is 7.47. The molecule has 1 heterocycles. The number of carboxylic acids is 1. The lowest BCUT2D eigenvalue weighted by atomic mass is 10.4. The van der Waals surface area contributed by atoms with Gasteiger partial charge in [-0.2, -0.15) is 25.4 Å². The summed E-state index contributed by atoms with van der Waals surface area (Å²) in [5.41, 5.74) is 0.149. The summed E-state index contributed by atoms with van der Waals surface area (Å²) in [6.45, 7) is 0. The van der Waals surface area contributed by atoms with E-state index >= 15 is 0 Å². The average molecular weight is 207 g/mol. The Balaban J connectivity index is 3.19. The maximum absolute atomic E-state index is 10.9. The van der Waals surface area contributed by atoms with Crippen LogP contribution in [0.3, 0.4) is 0 Å². The molecule has 0 aromatic carbocycles. The lowest BCUT2D eigenvalue weighted by Crippen LogP contribution is -2.07. The van der Waals surface area contributed by atoms with Crippen LogP contribution in [0.2, 0.25) is 0 Å². The highest BCUT2D eigenvalue weighted by atomic mass is 32.2. The molecule has 66 valence electrons. The number of sulfonamides is 1. The van der Waals surface area contributed by atoms with E-state index < -0.39 is 20.9 Å². The van der Waals surface area contributed by atoms with Crippen LogP contribution in [-0.4, -0.2) is 31.0 Å². The summed E-state index contributed by atoms with van der Waals surface area (Å²) in [6, 6.07) is 0. The molecule has 0 aliphatic carbocycles. The van der Waals surface area contributed by atoms with Gasteiger partial charge in [0.05, 0.1) is 5.71 Å². The van der Waals surface area contributed by atoms with Gasteiger partial charge in [0, 0.05) is 5.75 Å². The Hall–Kier alpha value is -0.820. The number of allylic oxidation sites excluding steroid dienone is 1. The van der Waals surface area contributed by atoms with Crippen LogP contribution in [0.5, 0.6) is 0 Å². The van der Waals surface area contributed by atoms with Gasteiger partial charge in [0.2, 0.25) is 0 Å². The number of hydrogen-bond acceptors (Lipinski definition) is 4. The van der Waals surface area contributed by atoms with E-state index in [9.17, 15) is 13.2 Å². The Morgan fingerprint density at radius 2 is 2.25 bits per heavy atom. The first kappa shape index (κ1) is 9.27. The minimum absolute atomic E-state index is 0.107. The summed E-state index contributed by atoms with van der Waals surface area (Å²) in [4.78, 5) is 9.64. The van der Waals surface area contributed by atoms with Crippen molar-refractivity contribution in [3.8, 4) is 0 Å². The highest BCUT2D eigenvalue weighted by Crippen LogP contribution is 2.17. The summed E-state index contributed by atoms with van der Waals surface area (Å²) in [5.74, 6) is -1.38. The molecule has 1 N–H and O–H groups in total. The zero-order chi connectivity index (χ0) is 9.35. The minimum Gasteiger partial charge on any atom is -0.477 e. The minimum atomic E-state index is -3.95. The molecule has 0 spiro atoms. The van der Waals surface area contributed by atoms with Crippen LogP contribution in [0.4, 0.5) is 0 Å². The molecule has 0 aromatic heterocycles. The van der Waals surface area contributed by atoms with Gasteiger partial charge >= 0.3 is 5.97 Å². The molecular formula is C5H5NO4S2. The van der Waals surface area contributed by atoms with E-state index in [1.807, 2.05) is 0 Å². The van der Waals surface area contributed by atoms with E-state index in [0.717, 1.165) is 6.08 Å². The van der Waals surface area contributed by atoms with Crippen LogP contribution in [0, 0.1) is 0 Å². The predicted molar refractivity (Wildman–Crippen MR) is 45.9 cm³/mol. The van der Waals surface area contributed by atoms with Crippen LogP contribution >= 0.6 is 12.6 Å². The number of carboxylic acid groups (broad SMARTS) is 1. The number of carbonyl (C=O) groups is 1. The van der Waals surface area contributed by atoms with Crippen molar-refractivity contribution in [3.63, 3.8) is 0 Å². The van der Waals surface area contributed by atoms with Gasteiger partial charge in [-0.15, -0.1) is 0 Å². The molecule has 0 unspecified atom stereocenters. The van der Waals surface area contributed by atoms with Crippen molar-refractivity contribution in [2.45, 2.75) is 0 Å². The quantitative estimate of drug-likeness (QED) is 0.607. The van der Waals surface area contributed by atoms with Gasteiger partial charge < -0.3 is 5.11 Å². The van der Waals surface area contributed by atoms with E-state index in [1.165, 1.54) is 0 Å². The van der Waals surface area contributed by atoms with Crippen molar-refractivity contribution < 1.29 is 18.3 Å². The van der Waals surface area contributed by atoms with E-state index in [1.54, 1.807) is 0 Å². The van der Waals surface area contributed by atoms with Gasteiger partial charge in [-0.25, -0.2) is 4.79 Å².